The Labute approximate surface area is 137 Å². The Hall–Kier alpha value is -1.62. The molecule has 1 fully saturated rings. The van der Waals surface area contributed by atoms with Crippen molar-refractivity contribution in [3.8, 4) is 0 Å². The van der Waals surface area contributed by atoms with Crippen LogP contribution in [0.25, 0.3) is 0 Å². The lowest BCUT2D eigenvalue weighted by molar-refractivity contribution is 0.0944. The van der Waals surface area contributed by atoms with Crippen molar-refractivity contribution in [2.75, 3.05) is 13.1 Å². The number of rotatable bonds is 3. The SMILES string of the molecule is Cc1cc(F)ccc1[C@H]1C[C@H](NCC(C)(C)C)CCN1C(=O)O. The van der Waals surface area contributed by atoms with E-state index in [1.54, 1.807) is 6.07 Å². The minimum atomic E-state index is -0.909. The first kappa shape index (κ1) is 17.7. The fourth-order valence-corrected chi connectivity index (χ4v) is 3.14. The van der Waals surface area contributed by atoms with Crippen molar-refractivity contribution < 1.29 is 14.3 Å². The van der Waals surface area contributed by atoms with Crippen LogP contribution in [0.4, 0.5) is 9.18 Å². The molecule has 5 heteroatoms. The number of piperidine rings is 1. The van der Waals surface area contributed by atoms with Gasteiger partial charge in [0.25, 0.3) is 0 Å². The second-order valence-electron chi connectivity index (χ2n) is 7.66. The van der Waals surface area contributed by atoms with Crippen LogP contribution in [0.15, 0.2) is 18.2 Å². The highest BCUT2D eigenvalue weighted by Crippen LogP contribution is 2.33. The van der Waals surface area contributed by atoms with E-state index >= 15 is 0 Å². The molecule has 0 bridgehead atoms. The van der Waals surface area contributed by atoms with Crippen molar-refractivity contribution in [3.05, 3.63) is 35.1 Å². The number of nitrogens with one attached hydrogen (secondary N) is 1. The molecular formula is C18H27FN2O2. The number of likely N-dealkylation sites (tertiary alicyclic amines) is 1. The van der Waals surface area contributed by atoms with Crippen molar-refractivity contribution in [2.45, 2.75) is 52.6 Å². The maximum atomic E-state index is 13.4. The largest absolute Gasteiger partial charge is 0.465 e. The number of hydrogen-bond acceptors (Lipinski definition) is 2. The first-order valence-electron chi connectivity index (χ1n) is 8.16. The van der Waals surface area contributed by atoms with Gasteiger partial charge in [0.2, 0.25) is 0 Å². The molecule has 128 valence electrons. The van der Waals surface area contributed by atoms with Crippen LogP contribution in [0, 0.1) is 18.2 Å². The van der Waals surface area contributed by atoms with Gasteiger partial charge < -0.3 is 15.3 Å². The van der Waals surface area contributed by atoms with E-state index in [1.807, 2.05) is 6.92 Å². The maximum Gasteiger partial charge on any atom is 0.407 e. The summed E-state index contributed by atoms with van der Waals surface area (Å²) in [5, 5.41) is 13.1. The fourth-order valence-electron chi connectivity index (χ4n) is 3.14. The zero-order valence-electron chi connectivity index (χ0n) is 14.4. The van der Waals surface area contributed by atoms with Crippen molar-refractivity contribution in [2.24, 2.45) is 5.41 Å². The predicted molar refractivity (Wildman–Crippen MR) is 89.1 cm³/mol. The number of hydrogen-bond donors (Lipinski definition) is 2. The zero-order chi connectivity index (χ0) is 17.2. The first-order chi connectivity index (χ1) is 10.7. The predicted octanol–water partition coefficient (Wildman–Crippen LogP) is 3.95. The standard InChI is InChI=1S/C18H27FN2O2/c1-12-9-13(19)5-6-15(12)16-10-14(20-11-18(2,3)4)7-8-21(16)17(22)23/h5-6,9,14,16,20H,7-8,10-11H2,1-4H3,(H,22,23)/t14-,16-/m1/s1. The molecule has 1 saturated heterocycles. The summed E-state index contributed by atoms with van der Waals surface area (Å²) in [5.74, 6) is -0.286. The van der Waals surface area contributed by atoms with E-state index in [9.17, 15) is 14.3 Å². The summed E-state index contributed by atoms with van der Waals surface area (Å²) in [4.78, 5) is 13.1. The Kier molecular flexibility index (Phi) is 5.30. The van der Waals surface area contributed by atoms with Gasteiger partial charge >= 0.3 is 6.09 Å². The van der Waals surface area contributed by atoms with Gasteiger partial charge in [-0.1, -0.05) is 26.8 Å². The van der Waals surface area contributed by atoms with Crippen LogP contribution in [0.5, 0.6) is 0 Å². The van der Waals surface area contributed by atoms with Crippen molar-refractivity contribution in [3.63, 3.8) is 0 Å². The summed E-state index contributed by atoms with van der Waals surface area (Å²) in [6.07, 6.45) is 0.613. The molecule has 2 N–H and O–H groups in total. The van der Waals surface area contributed by atoms with Gasteiger partial charge in [-0.2, -0.15) is 0 Å². The lowest BCUT2D eigenvalue weighted by Gasteiger charge is -2.39. The number of aryl methyl sites for hydroxylation is 1. The Morgan fingerprint density at radius 3 is 2.70 bits per heavy atom. The fraction of sp³-hybridized carbons (Fsp3) is 0.611. The molecule has 1 aliphatic rings. The summed E-state index contributed by atoms with van der Waals surface area (Å²) in [5.41, 5.74) is 1.89. The van der Waals surface area contributed by atoms with Crippen LogP contribution in [0.2, 0.25) is 0 Å². The molecular weight excluding hydrogens is 295 g/mol. The molecule has 23 heavy (non-hydrogen) atoms. The van der Waals surface area contributed by atoms with E-state index < -0.39 is 6.09 Å². The molecule has 2 atom stereocenters. The summed E-state index contributed by atoms with van der Waals surface area (Å²) in [6.45, 7) is 9.75. The molecule has 1 aliphatic heterocycles. The smallest absolute Gasteiger partial charge is 0.407 e. The minimum absolute atomic E-state index is 0.186. The van der Waals surface area contributed by atoms with E-state index in [4.69, 9.17) is 0 Å². The van der Waals surface area contributed by atoms with Crippen molar-refractivity contribution in [1.82, 2.24) is 10.2 Å². The van der Waals surface area contributed by atoms with E-state index in [1.165, 1.54) is 17.0 Å². The van der Waals surface area contributed by atoms with Crippen LogP contribution in [-0.4, -0.2) is 35.2 Å². The molecule has 1 aromatic carbocycles. The third-order valence-corrected chi connectivity index (χ3v) is 4.36. The molecule has 1 heterocycles. The number of benzene rings is 1. The second kappa shape index (κ2) is 6.87. The van der Waals surface area contributed by atoms with Crippen LogP contribution < -0.4 is 5.32 Å². The summed E-state index contributed by atoms with van der Waals surface area (Å²) in [6, 6.07) is 4.66. The molecule has 2 rings (SSSR count). The number of nitrogens with zero attached hydrogens (tertiary/aromatic N) is 1. The number of halogens is 1. The quantitative estimate of drug-likeness (QED) is 0.886. The highest BCUT2D eigenvalue weighted by Gasteiger charge is 2.33. The van der Waals surface area contributed by atoms with Gasteiger partial charge in [-0.05, 0) is 48.4 Å². The third-order valence-electron chi connectivity index (χ3n) is 4.36. The average Bonchev–Trinajstić information content (AvgIpc) is 2.44. The summed E-state index contributed by atoms with van der Waals surface area (Å²) in [7, 11) is 0. The molecule has 1 amide bonds. The molecule has 0 radical (unpaired) electrons. The Morgan fingerprint density at radius 1 is 1.43 bits per heavy atom. The Bertz CT molecular complexity index is 569. The lowest BCUT2D eigenvalue weighted by atomic mass is 9.88. The molecule has 4 nitrogen and oxygen atoms in total. The highest BCUT2D eigenvalue weighted by molar-refractivity contribution is 5.66. The molecule has 0 aromatic heterocycles. The van der Waals surface area contributed by atoms with Gasteiger partial charge in [-0.25, -0.2) is 9.18 Å². The van der Waals surface area contributed by atoms with E-state index in [-0.39, 0.29) is 23.3 Å². The monoisotopic (exact) mass is 322 g/mol. The topological polar surface area (TPSA) is 52.6 Å². The highest BCUT2D eigenvalue weighted by atomic mass is 19.1. The average molecular weight is 322 g/mol. The van der Waals surface area contributed by atoms with Gasteiger partial charge in [0.05, 0.1) is 6.04 Å². The molecule has 0 saturated carbocycles. The molecule has 0 spiro atoms. The van der Waals surface area contributed by atoms with E-state index in [0.717, 1.165) is 30.5 Å². The van der Waals surface area contributed by atoms with Crippen LogP contribution in [-0.2, 0) is 0 Å². The molecule has 1 aromatic rings. The van der Waals surface area contributed by atoms with Gasteiger partial charge in [0.15, 0.2) is 0 Å². The molecule has 0 aliphatic carbocycles. The van der Waals surface area contributed by atoms with Crippen molar-refractivity contribution >= 4 is 6.09 Å². The normalized spacial score (nSPS) is 22.2. The van der Waals surface area contributed by atoms with Gasteiger partial charge in [0, 0.05) is 19.1 Å². The maximum absolute atomic E-state index is 13.4. The second-order valence-corrected chi connectivity index (χ2v) is 7.66. The Morgan fingerprint density at radius 2 is 2.13 bits per heavy atom. The van der Waals surface area contributed by atoms with E-state index in [2.05, 4.69) is 26.1 Å². The number of carboxylic acid groups (broad SMARTS) is 1. The molecule has 0 unspecified atom stereocenters. The number of carbonyl (C=O) groups is 1. The van der Waals surface area contributed by atoms with E-state index in [0.29, 0.717) is 6.54 Å². The summed E-state index contributed by atoms with van der Waals surface area (Å²) >= 11 is 0. The van der Waals surface area contributed by atoms with Gasteiger partial charge in [-0.15, -0.1) is 0 Å². The van der Waals surface area contributed by atoms with Crippen LogP contribution >= 0.6 is 0 Å². The first-order valence-corrected chi connectivity index (χ1v) is 8.16. The number of amides is 1. The Balaban J connectivity index is 2.18. The third kappa shape index (κ3) is 4.67. The van der Waals surface area contributed by atoms with Crippen LogP contribution in [0.3, 0.4) is 0 Å². The zero-order valence-corrected chi connectivity index (χ0v) is 14.4. The van der Waals surface area contributed by atoms with Gasteiger partial charge in [-0.3, -0.25) is 0 Å². The lowest BCUT2D eigenvalue weighted by Crippen LogP contribution is -2.48. The van der Waals surface area contributed by atoms with Crippen LogP contribution in [0.1, 0.15) is 50.8 Å². The van der Waals surface area contributed by atoms with Crippen molar-refractivity contribution in [1.29, 1.82) is 0 Å². The summed E-state index contributed by atoms with van der Waals surface area (Å²) < 4.78 is 13.4. The minimum Gasteiger partial charge on any atom is -0.465 e. The van der Waals surface area contributed by atoms with Gasteiger partial charge in [0.1, 0.15) is 5.82 Å².